The molecule has 0 spiro atoms. The largest absolute Gasteiger partial charge is 0.481 e. The van der Waals surface area contributed by atoms with E-state index in [9.17, 15) is 0 Å². The third-order valence-electron chi connectivity index (χ3n) is 3.07. The number of nitrogens with one attached hydrogen (secondary N) is 2. The first kappa shape index (κ1) is 18.2. The summed E-state index contributed by atoms with van der Waals surface area (Å²) < 4.78 is 10.6. The number of pyridine rings is 1. The molecule has 0 bridgehead atoms. The smallest absolute Gasteiger partial charge is 0.212 e. The van der Waals surface area contributed by atoms with Crippen molar-refractivity contribution in [1.29, 1.82) is 0 Å². The van der Waals surface area contributed by atoms with Crippen LogP contribution in [0.25, 0.3) is 0 Å². The summed E-state index contributed by atoms with van der Waals surface area (Å²) in [6.07, 6.45) is 2.88. The quantitative estimate of drug-likeness (QED) is 0.414. The number of nitrogens with zero attached hydrogens (tertiary/aromatic N) is 2. The Hall–Kier alpha value is -1.82. The molecule has 1 aromatic heterocycles. The first-order chi connectivity index (χ1) is 10.7. The molecule has 6 heteroatoms. The van der Waals surface area contributed by atoms with E-state index in [1.807, 2.05) is 12.1 Å². The number of hydrogen-bond donors (Lipinski definition) is 2. The summed E-state index contributed by atoms with van der Waals surface area (Å²) in [4.78, 5) is 8.35. The standard InChI is InChI=1S/C16H28N4O2/c1-13(2)7-9-22-10-8-18-16(17-3)20-12-14-5-6-15(21-4)19-11-14/h5-6,11,13H,7-10,12H2,1-4H3,(H2,17,18,20). The van der Waals surface area contributed by atoms with Gasteiger partial charge in [-0.3, -0.25) is 4.99 Å². The van der Waals surface area contributed by atoms with Gasteiger partial charge in [0.05, 0.1) is 13.7 Å². The van der Waals surface area contributed by atoms with Crippen molar-refractivity contribution < 1.29 is 9.47 Å². The van der Waals surface area contributed by atoms with Crippen molar-refractivity contribution in [2.24, 2.45) is 10.9 Å². The molecule has 1 rings (SSSR count). The average molecular weight is 308 g/mol. The zero-order valence-electron chi connectivity index (χ0n) is 14.1. The van der Waals surface area contributed by atoms with E-state index < -0.39 is 0 Å². The van der Waals surface area contributed by atoms with E-state index in [0.29, 0.717) is 24.9 Å². The molecule has 0 unspecified atom stereocenters. The highest BCUT2D eigenvalue weighted by molar-refractivity contribution is 5.79. The zero-order valence-corrected chi connectivity index (χ0v) is 14.1. The second-order valence-corrected chi connectivity index (χ2v) is 5.36. The van der Waals surface area contributed by atoms with E-state index in [1.165, 1.54) is 0 Å². The molecule has 0 atom stereocenters. The van der Waals surface area contributed by atoms with Crippen molar-refractivity contribution in [2.45, 2.75) is 26.8 Å². The maximum Gasteiger partial charge on any atom is 0.212 e. The van der Waals surface area contributed by atoms with Crippen molar-refractivity contribution in [1.82, 2.24) is 15.6 Å². The van der Waals surface area contributed by atoms with Crippen LogP contribution in [0.5, 0.6) is 5.88 Å². The predicted octanol–water partition coefficient (Wildman–Crippen LogP) is 1.82. The summed E-state index contributed by atoms with van der Waals surface area (Å²) in [5.74, 6) is 2.05. The molecule has 0 aliphatic rings. The number of rotatable bonds is 9. The molecule has 6 nitrogen and oxygen atoms in total. The Kier molecular flexibility index (Phi) is 8.98. The fraction of sp³-hybridized carbons (Fsp3) is 0.625. The highest BCUT2D eigenvalue weighted by Gasteiger charge is 2.00. The lowest BCUT2D eigenvalue weighted by molar-refractivity contribution is 0.128. The van der Waals surface area contributed by atoms with Crippen LogP contribution < -0.4 is 15.4 Å². The van der Waals surface area contributed by atoms with Gasteiger partial charge in [-0.2, -0.15) is 0 Å². The summed E-state index contributed by atoms with van der Waals surface area (Å²) in [5, 5.41) is 6.45. The number of guanidine groups is 1. The Morgan fingerprint density at radius 1 is 1.27 bits per heavy atom. The summed E-state index contributed by atoms with van der Waals surface area (Å²) in [7, 11) is 3.36. The van der Waals surface area contributed by atoms with Gasteiger partial charge in [-0.05, 0) is 17.9 Å². The Balaban J connectivity index is 2.19. The summed E-state index contributed by atoms with van der Waals surface area (Å²) in [5.41, 5.74) is 1.07. The van der Waals surface area contributed by atoms with E-state index in [0.717, 1.165) is 31.1 Å². The Morgan fingerprint density at radius 2 is 2.09 bits per heavy atom. The van der Waals surface area contributed by atoms with Crippen LogP contribution in [0.2, 0.25) is 0 Å². The van der Waals surface area contributed by atoms with Gasteiger partial charge in [0.1, 0.15) is 0 Å². The van der Waals surface area contributed by atoms with Gasteiger partial charge >= 0.3 is 0 Å². The van der Waals surface area contributed by atoms with Crippen molar-refractivity contribution in [2.75, 3.05) is 33.9 Å². The predicted molar refractivity (Wildman–Crippen MR) is 89.3 cm³/mol. The first-order valence-electron chi connectivity index (χ1n) is 7.67. The lowest BCUT2D eigenvalue weighted by Gasteiger charge is -2.12. The van der Waals surface area contributed by atoms with Gasteiger partial charge in [-0.15, -0.1) is 0 Å². The average Bonchev–Trinajstić information content (AvgIpc) is 2.53. The van der Waals surface area contributed by atoms with E-state index in [1.54, 1.807) is 20.4 Å². The summed E-state index contributed by atoms with van der Waals surface area (Å²) >= 11 is 0. The summed E-state index contributed by atoms with van der Waals surface area (Å²) in [6, 6.07) is 3.82. The molecule has 124 valence electrons. The minimum atomic E-state index is 0.616. The summed E-state index contributed by atoms with van der Waals surface area (Å²) in [6.45, 7) is 7.27. The first-order valence-corrected chi connectivity index (χ1v) is 7.67. The fourth-order valence-corrected chi connectivity index (χ4v) is 1.71. The van der Waals surface area contributed by atoms with E-state index in [4.69, 9.17) is 9.47 Å². The lowest BCUT2D eigenvalue weighted by Crippen LogP contribution is -2.38. The number of aromatic nitrogens is 1. The zero-order chi connectivity index (χ0) is 16.2. The molecule has 1 heterocycles. The molecule has 0 aromatic carbocycles. The number of hydrogen-bond acceptors (Lipinski definition) is 4. The molecule has 0 aliphatic carbocycles. The van der Waals surface area contributed by atoms with Crippen molar-refractivity contribution >= 4 is 5.96 Å². The van der Waals surface area contributed by atoms with Crippen LogP contribution in [-0.4, -0.2) is 44.9 Å². The normalized spacial score (nSPS) is 11.6. The van der Waals surface area contributed by atoms with Crippen LogP contribution in [0.4, 0.5) is 0 Å². The molecule has 0 saturated carbocycles. The topological polar surface area (TPSA) is 67.8 Å². The van der Waals surface area contributed by atoms with Gasteiger partial charge in [0.25, 0.3) is 0 Å². The maximum atomic E-state index is 5.56. The minimum absolute atomic E-state index is 0.616. The third-order valence-corrected chi connectivity index (χ3v) is 3.07. The molecule has 2 N–H and O–H groups in total. The number of methoxy groups -OCH3 is 1. The van der Waals surface area contributed by atoms with Crippen molar-refractivity contribution in [3.05, 3.63) is 23.9 Å². The monoisotopic (exact) mass is 308 g/mol. The van der Waals surface area contributed by atoms with Crippen molar-refractivity contribution in [3.63, 3.8) is 0 Å². The second kappa shape index (κ2) is 10.8. The SMILES string of the molecule is CN=C(NCCOCCC(C)C)NCc1ccc(OC)nc1. The van der Waals surface area contributed by atoms with Crippen LogP contribution in [-0.2, 0) is 11.3 Å². The minimum Gasteiger partial charge on any atom is -0.481 e. The molecular weight excluding hydrogens is 280 g/mol. The molecule has 0 amide bonds. The number of ether oxygens (including phenoxy) is 2. The molecule has 22 heavy (non-hydrogen) atoms. The van der Waals surface area contributed by atoms with Gasteiger partial charge in [-0.1, -0.05) is 19.9 Å². The van der Waals surface area contributed by atoms with Crippen LogP contribution in [0.15, 0.2) is 23.3 Å². The maximum absolute atomic E-state index is 5.56. The second-order valence-electron chi connectivity index (χ2n) is 5.36. The van der Waals surface area contributed by atoms with E-state index in [-0.39, 0.29) is 0 Å². The Bertz CT molecular complexity index is 432. The van der Waals surface area contributed by atoms with Gasteiger partial charge < -0.3 is 20.1 Å². The number of aliphatic imine (C=N–C) groups is 1. The van der Waals surface area contributed by atoms with Crippen LogP contribution in [0.1, 0.15) is 25.8 Å². The van der Waals surface area contributed by atoms with Gasteiger partial charge in [-0.25, -0.2) is 4.98 Å². The Labute approximate surface area is 133 Å². The highest BCUT2D eigenvalue weighted by Crippen LogP contribution is 2.06. The van der Waals surface area contributed by atoms with Crippen LogP contribution in [0.3, 0.4) is 0 Å². The lowest BCUT2D eigenvalue weighted by atomic mass is 10.1. The van der Waals surface area contributed by atoms with Crippen LogP contribution in [0, 0.1) is 5.92 Å². The Morgan fingerprint density at radius 3 is 2.68 bits per heavy atom. The molecule has 0 saturated heterocycles. The molecular formula is C16H28N4O2. The fourth-order valence-electron chi connectivity index (χ4n) is 1.71. The molecule has 1 aromatic rings. The highest BCUT2D eigenvalue weighted by atomic mass is 16.5. The van der Waals surface area contributed by atoms with Gasteiger partial charge in [0, 0.05) is 39.0 Å². The van der Waals surface area contributed by atoms with Crippen LogP contribution >= 0.6 is 0 Å². The van der Waals surface area contributed by atoms with E-state index >= 15 is 0 Å². The van der Waals surface area contributed by atoms with Gasteiger partial charge in [0.2, 0.25) is 5.88 Å². The van der Waals surface area contributed by atoms with Gasteiger partial charge in [0.15, 0.2) is 5.96 Å². The van der Waals surface area contributed by atoms with Crippen molar-refractivity contribution in [3.8, 4) is 5.88 Å². The molecule has 0 aliphatic heterocycles. The van der Waals surface area contributed by atoms with E-state index in [2.05, 4.69) is 34.5 Å². The molecule has 0 radical (unpaired) electrons. The third kappa shape index (κ3) is 7.83. The molecule has 0 fully saturated rings.